The molecule has 14 aromatic rings. The minimum absolute atomic E-state index is 0.665. The van der Waals surface area contributed by atoms with Gasteiger partial charge in [0.2, 0.25) is 0 Å². The first kappa shape index (κ1) is 98.0. The third kappa shape index (κ3) is 22.3. The highest BCUT2D eigenvalue weighted by molar-refractivity contribution is 7.23. The van der Waals surface area contributed by atoms with Gasteiger partial charge in [-0.3, -0.25) is 0 Å². The fourth-order valence-corrected chi connectivity index (χ4v) is 32.5. The van der Waals surface area contributed by atoms with Gasteiger partial charge in [-0.15, -0.1) is 0 Å². The Morgan fingerprint density at radius 1 is 0.213 bits per heavy atom. The third-order valence-electron chi connectivity index (χ3n) is 30.3. The Balaban J connectivity index is 0.774. The van der Waals surface area contributed by atoms with Crippen molar-refractivity contribution in [2.45, 2.75) is 294 Å². The molecule has 3 nitrogen and oxygen atoms in total. The molecule has 0 fully saturated rings. The lowest BCUT2D eigenvalue weighted by Crippen LogP contribution is -2.73. The topological polar surface area (TPSA) is 15.7 Å². The molecule has 2 heterocycles. The Hall–Kier alpha value is -11.1. The molecule has 2 aliphatic rings. The maximum atomic E-state index is 7.19. The van der Waals surface area contributed by atoms with E-state index in [-0.39, 0.29) is 0 Å². The van der Waals surface area contributed by atoms with Crippen LogP contribution in [0.5, 0.6) is 5.75 Å². The van der Waals surface area contributed by atoms with E-state index in [0.29, 0.717) is 6.61 Å². The zero-order valence-corrected chi connectivity index (χ0v) is 86.5. The van der Waals surface area contributed by atoms with Gasteiger partial charge in [-0.1, -0.05) is 408 Å². The Morgan fingerprint density at radius 2 is 0.537 bits per heavy atom. The van der Waals surface area contributed by atoms with E-state index in [9.17, 15) is 0 Å². The van der Waals surface area contributed by atoms with Gasteiger partial charge in [-0.2, -0.15) is 0 Å². The standard InChI is InChI=1S/C131H154N2OSi2/c1-12-20-28-34-42-99-50-76-118(77-51-99)135(119-78-52-100(53-79-119)43-35-29-21-13-2)128-88-98(10)97(9)87-125(128)126-95-127(134-86-27-19-8)124(96-131(126)135)110-60-58-108(59-61-110)111-68-84-122-123-85-69-112(94-130(123)136(129(122)93-111,120-80-54-101(55-81-120)44-36-30-22-14-3)121-82-56-102(57-83-121)45-37-31-23-15-4)109-66-74-115(75-67-109)133(116-49-40-48-103(90-116)41-26-18-7)114-72-64-107(65-73-114)106-62-70-113(71-63-106)132(11)117-91-104(46-38-32-24-16-5)89-105(92-117)47-39-33-25-17-6/h40,48-85,87-96H,12-39,41-47,86H2,1-11H3. The SMILES string of the molecule is CCCCCCc1ccc([Si]2(c3ccc(CCCCCC)cc3)c3cc(-c4ccc(-c5cc6c(cc5OCCCC)-c5cc(C)c(C)cc5[Si]6(c5ccc(CCCCCC)cc5)c5ccc(CCCCCC)cc5)cc4)ccc3-c3ccc(-c4ccc(N(c5ccc(-c6ccc(N(C)c7cc(CCCCCC)cc(CCCCCC)c7)cc6)cc5)c5cccc(CCCC)c5)cc4)cc32)cc1. The molecule has 0 aliphatic carbocycles. The average molecular weight is 1830 g/mol. The zero-order valence-electron chi connectivity index (χ0n) is 84.5. The summed E-state index contributed by atoms with van der Waals surface area (Å²) in [7, 11) is -3.86. The van der Waals surface area contributed by atoms with Crippen LogP contribution in [0.25, 0.3) is 66.8 Å². The van der Waals surface area contributed by atoms with Crippen molar-refractivity contribution < 1.29 is 4.74 Å². The van der Waals surface area contributed by atoms with Gasteiger partial charge in [0.1, 0.15) is 5.75 Å². The van der Waals surface area contributed by atoms with Gasteiger partial charge in [0.05, 0.1) is 6.61 Å². The first-order valence-corrected chi connectivity index (χ1v) is 57.6. The first-order valence-electron chi connectivity index (χ1n) is 53.6. The van der Waals surface area contributed by atoms with E-state index in [0.717, 1.165) is 87.8 Å². The molecule has 0 atom stereocenters. The van der Waals surface area contributed by atoms with Crippen molar-refractivity contribution in [3.05, 3.63) is 347 Å². The molecule has 0 radical (unpaired) electrons. The molecule has 0 unspecified atom stereocenters. The van der Waals surface area contributed by atoms with Gasteiger partial charge < -0.3 is 14.5 Å². The molecule has 16 rings (SSSR count). The summed E-state index contributed by atoms with van der Waals surface area (Å²) in [5.74, 6) is 0.971. The Morgan fingerprint density at radius 3 is 0.941 bits per heavy atom. The lowest BCUT2D eigenvalue weighted by atomic mass is 9.95. The summed E-state index contributed by atoms with van der Waals surface area (Å²) in [6.45, 7) is 23.8. The average Bonchev–Trinajstić information content (AvgIpc) is 1.53. The molecule has 0 spiro atoms. The monoisotopic (exact) mass is 1830 g/mol. The number of fused-ring (bicyclic) bond motifs is 6. The van der Waals surface area contributed by atoms with Crippen molar-refractivity contribution in [3.63, 3.8) is 0 Å². The number of benzene rings is 14. The molecular formula is C131H154N2OSi2. The number of hydrogen-bond acceptors (Lipinski definition) is 3. The molecule has 0 amide bonds. The molecule has 702 valence electrons. The van der Waals surface area contributed by atoms with Crippen molar-refractivity contribution in [3.8, 4) is 72.5 Å². The fraction of sp³-hybridized carbons (Fsp3) is 0.359. The van der Waals surface area contributed by atoms with E-state index in [1.165, 1.54) is 329 Å². The van der Waals surface area contributed by atoms with Gasteiger partial charge in [0.25, 0.3) is 0 Å². The smallest absolute Gasteiger partial charge is 0.180 e. The lowest BCUT2D eigenvalue weighted by molar-refractivity contribution is 0.311. The summed E-state index contributed by atoms with van der Waals surface area (Å²) in [5.41, 5.74) is 33.8. The molecule has 5 heteroatoms. The van der Waals surface area contributed by atoms with Crippen molar-refractivity contribution in [2.75, 3.05) is 23.5 Å². The van der Waals surface area contributed by atoms with Gasteiger partial charge >= 0.3 is 0 Å². The minimum Gasteiger partial charge on any atom is -0.493 e. The van der Waals surface area contributed by atoms with Crippen LogP contribution in [0.2, 0.25) is 0 Å². The van der Waals surface area contributed by atoms with Crippen LogP contribution in [-0.4, -0.2) is 29.8 Å². The van der Waals surface area contributed by atoms with Crippen LogP contribution < -0.4 is 56.0 Å². The normalized spacial score (nSPS) is 12.7. The van der Waals surface area contributed by atoms with Crippen molar-refractivity contribution in [1.29, 1.82) is 0 Å². The highest BCUT2D eigenvalue weighted by Crippen LogP contribution is 2.44. The molecule has 0 bridgehead atoms. The number of nitrogens with zero attached hydrogens (tertiary/aromatic N) is 2. The maximum absolute atomic E-state index is 7.19. The van der Waals surface area contributed by atoms with Gasteiger partial charge in [-0.25, -0.2) is 0 Å². The van der Waals surface area contributed by atoms with Crippen LogP contribution >= 0.6 is 0 Å². The zero-order chi connectivity index (χ0) is 94.2. The second kappa shape index (κ2) is 47.8. The minimum atomic E-state index is -3.14. The highest BCUT2D eigenvalue weighted by Gasteiger charge is 2.51. The van der Waals surface area contributed by atoms with Crippen molar-refractivity contribution in [2.24, 2.45) is 0 Å². The summed E-state index contributed by atoms with van der Waals surface area (Å²) < 4.78 is 7.19. The first-order chi connectivity index (χ1) is 66.8. The Bertz CT molecular complexity index is 6040. The van der Waals surface area contributed by atoms with E-state index < -0.39 is 16.1 Å². The third-order valence-corrected chi connectivity index (χ3v) is 40.0. The van der Waals surface area contributed by atoms with Crippen molar-refractivity contribution in [1.82, 2.24) is 0 Å². The molecule has 0 saturated heterocycles. The second-order valence-corrected chi connectivity index (χ2v) is 47.6. The molecule has 14 aromatic carbocycles. The molecule has 0 saturated carbocycles. The van der Waals surface area contributed by atoms with E-state index in [1.807, 2.05) is 0 Å². The van der Waals surface area contributed by atoms with Crippen LogP contribution in [0.15, 0.2) is 297 Å². The number of anilines is 5. The molecule has 0 N–H and O–H groups in total. The van der Waals surface area contributed by atoms with Gasteiger partial charge in [0.15, 0.2) is 16.1 Å². The van der Waals surface area contributed by atoms with Crippen LogP contribution in [0.1, 0.15) is 285 Å². The quantitative estimate of drug-likeness (QED) is 0.0279. The summed E-state index contributed by atoms with van der Waals surface area (Å²) in [5, 5.41) is 11.7. The number of ether oxygens (including phenoxy) is 1. The van der Waals surface area contributed by atoms with Gasteiger partial charge in [-0.05, 0) is 336 Å². The fourth-order valence-electron chi connectivity index (χ4n) is 22.1. The molecular weight excluding hydrogens is 1670 g/mol. The second-order valence-electron chi connectivity index (χ2n) is 40.1. The van der Waals surface area contributed by atoms with Crippen LogP contribution in [-0.2, 0) is 44.9 Å². The van der Waals surface area contributed by atoms with E-state index >= 15 is 0 Å². The summed E-state index contributed by atoms with van der Waals surface area (Å²) >= 11 is 0. The maximum Gasteiger partial charge on any atom is 0.180 e. The van der Waals surface area contributed by atoms with E-state index in [2.05, 4.69) is 383 Å². The molecule has 136 heavy (non-hydrogen) atoms. The number of unbranched alkanes of at least 4 members (excludes halogenated alkanes) is 20. The number of aryl methyl sites for hydroxylation is 9. The van der Waals surface area contributed by atoms with Crippen LogP contribution in [0.3, 0.4) is 0 Å². The largest absolute Gasteiger partial charge is 0.493 e. The molecule has 0 aromatic heterocycles. The van der Waals surface area contributed by atoms with Crippen molar-refractivity contribution >= 4 is 86.1 Å². The summed E-state index contributed by atoms with van der Waals surface area (Å²) in [6.07, 6.45) is 42.4. The van der Waals surface area contributed by atoms with Crippen LogP contribution in [0.4, 0.5) is 28.4 Å². The summed E-state index contributed by atoms with van der Waals surface area (Å²) in [4.78, 5) is 4.88. The van der Waals surface area contributed by atoms with E-state index in [1.54, 1.807) is 0 Å². The van der Waals surface area contributed by atoms with E-state index in [4.69, 9.17) is 4.74 Å². The van der Waals surface area contributed by atoms with Crippen LogP contribution in [0, 0.1) is 13.8 Å². The predicted molar refractivity (Wildman–Crippen MR) is 598 cm³/mol. The number of hydrogen-bond donors (Lipinski definition) is 0. The highest BCUT2D eigenvalue weighted by atomic mass is 28.3. The lowest BCUT2D eigenvalue weighted by Gasteiger charge is -2.32. The van der Waals surface area contributed by atoms with Gasteiger partial charge in [0, 0.05) is 41.0 Å². The predicted octanol–water partition coefficient (Wildman–Crippen LogP) is 32.2. The Kier molecular flexibility index (Phi) is 34.4. The summed E-state index contributed by atoms with van der Waals surface area (Å²) in [6, 6.07) is 120. The molecule has 2 aliphatic heterocycles. The Labute approximate surface area is 822 Å². The number of rotatable bonds is 50.